The second kappa shape index (κ2) is 15.6. The van der Waals surface area contributed by atoms with Gasteiger partial charge in [0.2, 0.25) is 5.91 Å². The summed E-state index contributed by atoms with van der Waals surface area (Å²) in [4.78, 5) is 68.1. The minimum Gasteiger partial charge on any atom is -0.324 e. The largest absolute Gasteiger partial charge is 0.324 e. The molecule has 1 aliphatic carbocycles. The van der Waals surface area contributed by atoms with Crippen LogP contribution in [0.15, 0.2) is 168 Å². The molecule has 0 spiro atoms. The molecule has 0 aliphatic heterocycles. The SMILES string of the molecule is O=C(Nc1ccc(SC(C(=O)Nc2cccc3c2C(=O)c2ccccc2C3=O)c2ccccc2)cc1)/C(=C/c1ccccc1)NC(=O)c1ccccc1. The first-order valence-electron chi connectivity index (χ1n) is 16.7. The molecule has 1 unspecified atom stereocenters. The fraction of sp³-hybridized carbons (Fsp3) is 0.0227. The van der Waals surface area contributed by atoms with E-state index in [4.69, 9.17) is 0 Å². The molecule has 0 heterocycles. The maximum atomic E-state index is 14.0. The van der Waals surface area contributed by atoms with Gasteiger partial charge in [0, 0.05) is 32.8 Å². The Hall–Kier alpha value is -6.84. The lowest BCUT2D eigenvalue weighted by Gasteiger charge is -2.22. The van der Waals surface area contributed by atoms with Crippen molar-refractivity contribution in [3.05, 3.63) is 202 Å². The molecule has 6 aromatic rings. The molecule has 1 aliphatic rings. The molecule has 9 heteroatoms. The van der Waals surface area contributed by atoms with Gasteiger partial charge in [0.05, 0.1) is 11.3 Å². The van der Waals surface area contributed by atoms with Gasteiger partial charge in [0.15, 0.2) is 11.6 Å². The summed E-state index contributed by atoms with van der Waals surface area (Å²) in [6.07, 6.45) is 1.61. The van der Waals surface area contributed by atoms with Crippen LogP contribution < -0.4 is 16.0 Å². The Morgan fingerprint density at radius 2 is 1.15 bits per heavy atom. The zero-order valence-corrected chi connectivity index (χ0v) is 28.9. The molecular formula is C44H31N3O5S. The standard InChI is InChI=1S/C44H31N3O5S/c48-39-33-19-10-11-20-34(33)40(49)38-35(39)21-12-22-36(38)46-44(52)41(29-15-6-2-7-16-29)53-32-25-23-31(24-26-32)45-43(51)37(27-28-13-4-1-5-14-28)47-42(50)30-17-8-3-9-18-30/h1-27,41H,(H,45,51)(H,46,52)(H,47,50)/b37-27-. The number of carbonyl (C=O) groups is 5. The third-order valence-corrected chi connectivity index (χ3v) is 9.82. The number of hydrogen-bond acceptors (Lipinski definition) is 6. The molecule has 3 amide bonds. The van der Waals surface area contributed by atoms with E-state index in [-0.39, 0.29) is 40.0 Å². The highest BCUT2D eigenvalue weighted by Crippen LogP contribution is 2.38. The molecule has 8 nitrogen and oxygen atoms in total. The molecule has 6 aromatic carbocycles. The maximum absolute atomic E-state index is 14.0. The van der Waals surface area contributed by atoms with Gasteiger partial charge < -0.3 is 16.0 Å². The van der Waals surface area contributed by atoms with Crippen LogP contribution in [0.1, 0.15) is 58.6 Å². The summed E-state index contributed by atoms with van der Waals surface area (Å²) >= 11 is 1.29. The van der Waals surface area contributed by atoms with E-state index in [1.165, 1.54) is 11.8 Å². The van der Waals surface area contributed by atoms with Crippen molar-refractivity contribution in [3.8, 4) is 0 Å². The third-order valence-electron chi connectivity index (χ3n) is 8.56. The number of nitrogens with one attached hydrogen (secondary N) is 3. The lowest BCUT2D eigenvalue weighted by Crippen LogP contribution is -2.30. The summed E-state index contributed by atoms with van der Waals surface area (Å²) in [5.41, 5.74) is 3.74. The fourth-order valence-corrected chi connectivity index (χ4v) is 6.98. The van der Waals surface area contributed by atoms with Crippen molar-refractivity contribution < 1.29 is 24.0 Å². The molecule has 258 valence electrons. The fourth-order valence-electron chi connectivity index (χ4n) is 5.96. The van der Waals surface area contributed by atoms with Gasteiger partial charge in [-0.15, -0.1) is 11.8 Å². The monoisotopic (exact) mass is 713 g/mol. The first-order chi connectivity index (χ1) is 25.9. The molecule has 0 aromatic heterocycles. The van der Waals surface area contributed by atoms with Crippen molar-refractivity contribution in [1.29, 1.82) is 0 Å². The highest BCUT2D eigenvalue weighted by molar-refractivity contribution is 8.00. The van der Waals surface area contributed by atoms with Crippen molar-refractivity contribution in [3.63, 3.8) is 0 Å². The number of ketones is 2. The average Bonchev–Trinajstić information content (AvgIpc) is 3.20. The van der Waals surface area contributed by atoms with Crippen LogP contribution in [-0.2, 0) is 9.59 Å². The van der Waals surface area contributed by atoms with Crippen molar-refractivity contribution >= 4 is 58.5 Å². The van der Waals surface area contributed by atoms with Gasteiger partial charge in [-0.1, -0.05) is 115 Å². The van der Waals surface area contributed by atoms with Crippen molar-refractivity contribution in [2.75, 3.05) is 10.6 Å². The second-order valence-electron chi connectivity index (χ2n) is 12.1. The Morgan fingerprint density at radius 3 is 1.83 bits per heavy atom. The normalized spacial score (nSPS) is 12.6. The summed E-state index contributed by atoms with van der Waals surface area (Å²) in [6, 6.07) is 45.6. The number of rotatable bonds is 10. The topological polar surface area (TPSA) is 121 Å². The number of hydrogen-bond donors (Lipinski definition) is 3. The first-order valence-corrected chi connectivity index (χ1v) is 17.6. The summed E-state index contributed by atoms with van der Waals surface area (Å²) < 4.78 is 0. The van der Waals surface area contributed by atoms with E-state index in [0.717, 1.165) is 16.0 Å². The second-order valence-corrected chi connectivity index (χ2v) is 13.3. The molecule has 0 radical (unpaired) electrons. The Morgan fingerprint density at radius 1 is 0.566 bits per heavy atom. The van der Waals surface area contributed by atoms with E-state index in [1.807, 2.05) is 60.7 Å². The quantitative estimate of drug-likeness (QED) is 0.0968. The Labute approximate surface area is 310 Å². The molecule has 0 saturated carbocycles. The van der Waals surface area contributed by atoms with Crippen LogP contribution in [0.3, 0.4) is 0 Å². The highest BCUT2D eigenvalue weighted by Gasteiger charge is 2.32. The number of anilines is 2. The summed E-state index contributed by atoms with van der Waals surface area (Å²) in [6.45, 7) is 0. The van der Waals surface area contributed by atoms with Crippen LogP contribution in [0.25, 0.3) is 6.08 Å². The van der Waals surface area contributed by atoms with Gasteiger partial charge in [-0.2, -0.15) is 0 Å². The van der Waals surface area contributed by atoms with E-state index in [9.17, 15) is 24.0 Å². The van der Waals surface area contributed by atoms with Crippen LogP contribution in [0, 0.1) is 0 Å². The lowest BCUT2D eigenvalue weighted by molar-refractivity contribution is -0.116. The maximum Gasteiger partial charge on any atom is 0.272 e. The molecule has 0 fully saturated rings. The van der Waals surface area contributed by atoms with Gasteiger partial charge >= 0.3 is 0 Å². The van der Waals surface area contributed by atoms with Crippen molar-refractivity contribution in [2.45, 2.75) is 10.1 Å². The van der Waals surface area contributed by atoms with E-state index in [0.29, 0.717) is 22.4 Å². The van der Waals surface area contributed by atoms with Gasteiger partial charge in [0.25, 0.3) is 11.8 Å². The lowest BCUT2D eigenvalue weighted by atomic mass is 9.83. The third kappa shape index (κ3) is 7.75. The van der Waals surface area contributed by atoms with E-state index in [2.05, 4.69) is 16.0 Å². The van der Waals surface area contributed by atoms with E-state index < -0.39 is 17.1 Å². The molecule has 53 heavy (non-hydrogen) atoms. The van der Waals surface area contributed by atoms with Gasteiger partial charge in [-0.05, 0) is 59.7 Å². The van der Waals surface area contributed by atoms with Gasteiger partial charge in [-0.3, -0.25) is 24.0 Å². The molecule has 0 saturated heterocycles. The van der Waals surface area contributed by atoms with Crippen LogP contribution in [-0.4, -0.2) is 29.3 Å². The summed E-state index contributed by atoms with van der Waals surface area (Å²) in [5.74, 6) is -1.91. The minimum atomic E-state index is -0.734. The van der Waals surface area contributed by atoms with Crippen LogP contribution in [0.5, 0.6) is 0 Å². The minimum absolute atomic E-state index is 0.0658. The molecule has 0 bridgehead atoms. The molecular weight excluding hydrogens is 683 g/mol. The first kappa shape index (κ1) is 34.6. The Bertz CT molecular complexity index is 2380. The molecule has 3 N–H and O–H groups in total. The smallest absolute Gasteiger partial charge is 0.272 e. The molecule has 7 rings (SSSR count). The zero-order chi connectivity index (χ0) is 36.7. The van der Waals surface area contributed by atoms with Crippen LogP contribution in [0.4, 0.5) is 11.4 Å². The molecule has 1 atom stereocenters. The predicted octanol–water partition coefficient (Wildman–Crippen LogP) is 8.34. The zero-order valence-electron chi connectivity index (χ0n) is 28.1. The average molecular weight is 714 g/mol. The number of carbonyl (C=O) groups excluding carboxylic acids is 5. The van der Waals surface area contributed by atoms with Crippen LogP contribution in [0.2, 0.25) is 0 Å². The Kier molecular flexibility index (Phi) is 10.2. The van der Waals surface area contributed by atoms with Gasteiger partial charge in [-0.25, -0.2) is 0 Å². The Balaban J connectivity index is 1.10. The number of amides is 3. The summed E-state index contributed by atoms with van der Waals surface area (Å²) in [7, 11) is 0. The predicted molar refractivity (Wildman–Crippen MR) is 207 cm³/mol. The number of fused-ring (bicyclic) bond motifs is 2. The van der Waals surface area contributed by atoms with Crippen LogP contribution >= 0.6 is 11.8 Å². The number of thioether (sulfide) groups is 1. The van der Waals surface area contributed by atoms with E-state index >= 15 is 0 Å². The van der Waals surface area contributed by atoms with E-state index in [1.54, 1.807) is 103 Å². The summed E-state index contributed by atoms with van der Waals surface area (Å²) in [5, 5.41) is 7.81. The van der Waals surface area contributed by atoms with Crippen molar-refractivity contribution in [2.24, 2.45) is 0 Å². The number of benzene rings is 6. The van der Waals surface area contributed by atoms with Gasteiger partial charge in [0.1, 0.15) is 10.9 Å². The van der Waals surface area contributed by atoms with Crippen molar-refractivity contribution in [1.82, 2.24) is 5.32 Å². The highest BCUT2D eigenvalue weighted by atomic mass is 32.2.